The summed E-state index contributed by atoms with van der Waals surface area (Å²) in [4.78, 5) is 4.91. The minimum absolute atomic E-state index is 0.134. The third kappa shape index (κ3) is 5.62. The summed E-state index contributed by atoms with van der Waals surface area (Å²) in [6.07, 6.45) is 1.78. The van der Waals surface area contributed by atoms with Gasteiger partial charge in [-0.2, -0.15) is 9.61 Å². The van der Waals surface area contributed by atoms with Gasteiger partial charge in [-0.05, 0) is 42.3 Å². The van der Waals surface area contributed by atoms with Gasteiger partial charge in [0.2, 0.25) is 10.0 Å². The first-order valence-electron chi connectivity index (χ1n) is 11.5. The Morgan fingerprint density at radius 3 is 2.35 bits per heavy atom. The zero-order chi connectivity index (χ0) is 26.0. The lowest BCUT2D eigenvalue weighted by atomic mass is 10.1. The second-order valence-electron chi connectivity index (χ2n) is 8.52. The van der Waals surface area contributed by atoms with Crippen molar-refractivity contribution in [3.8, 4) is 11.3 Å². The van der Waals surface area contributed by atoms with E-state index in [0.29, 0.717) is 16.6 Å². The summed E-state index contributed by atoms with van der Waals surface area (Å²) in [6.45, 7) is 2.67. The highest BCUT2D eigenvalue weighted by atomic mass is 35.5. The quantitative estimate of drug-likeness (QED) is 0.243. The van der Waals surface area contributed by atoms with Crippen molar-refractivity contribution < 1.29 is 8.42 Å². The minimum Gasteiger partial charge on any atom is -0.366 e. The molecule has 7 nitrogen and oxygen atoms in total. The maximum absolute atomic E-state index is 12.5. The van der Waals surface area contributed by atoms with E-state index >= 15 is 0 Å². The second kappa shape index (κ2) is 10.5. The molecule has 188 valence electrons. The van der Waals surface area contributed by atoms with Crippen molar-refractivity contribution in [3.05, 3.63) is 112 Å². The van der Waals surface area contributed by atoms with Gasteiger partial charge in [0.05, 0.1) is 16.8 Å². The van der Waals surface area contributed by atoms with E-state index in [0.717, 1.165) is 39.4 Å². The molecule has 0 unspecified atom stereocenters. The van der Waals surface area contributed by atoms with Gasteiger partial charge in [-0.3, -0.25) is 0 Å². The van der Waals surface area contributed by atoms with Gasteiger partial charge < -0.3 is 5.32 Å². The fourth-order valence-electron chi connectivity index (χ4n) is 3.87. The number of rotatable bonds is 8. The molecule has 0 spiro atoms. The van der Waals surface area contributed by atoms with Crippen molar-refractivity contribution in [2.75, 3.05) is 5.32 Å². The third-order valence-corrected chi connectivity index (χ3v) is 7.83. The van der Waals surface area contributed by atoms with Gasteiger partial charge in [-0.25, -0.2) is 18.1 Å². The molecule has 0 saturated carbocycles. The molecular formula is C27H23Cl2N5O2S. The Morgan fingerprint density at radius 2 is 1.62 bits per heavy atom. The molecule has 5 rings (SSSR count). The van der Waals surface area contributed by atoms with Gasteiger partial charge in [-0.15, -0.1) is 0 Å². The highest BCUT2D eigenvalue weighted by molar-refractivity contribution is 7.89. The molecule has 0 radical (unpaired) electrons. The van der Waals surface area contributed by atoms with Gasteiger partial charge in [0.1, 0.15) is 5.82 Å². The zero-order valence-corrected chi connectivity index (χ0v) is 22.1. The van der Waals surface area contributed by atoms with Crippen LogP contribution in [0.2, 0.25) is 10.0 Å². The van der Waals surface area contributed by atoms with Crippen LogP contribution in [0.15, 0.2) is 90.0 Å². The van der Waals surface area contributed by atoms with Crippen LogP contribution in [-0.4, -0.2) is 23.0 Å². The fourth-order valence-corrected chi connectivity index (χ4v) is 5.42. The molecule has 0 aliphatic heterocycles. The van der Waals surface area contributed by atoms with Crippen LogP contribution in [0, 0.1) is 6.92 Å². The summed E-state index contributed by atoms with van der Waals surface area (Å²) < 4.78 is 29.5. The first-order valence-corrected chi connectivity index (χ1v) is 13.7. The van der Waals surface area contributed by atoms with Crippen molar-refractivity contribution in [2.24, 2.45) is 0 Å². The Balaban J connectivity index is 1.30. The standard InChI is InChI=1S/C27H23Cl2N5O2S/c1-18-15-31-34-26(14-25(33-27(18)34)23-7-2-3-8-24(23)29)30-16-19-9-11-20(12-10-19)17-32-37(35,36)22-6-4-5-21(28)13-22/h2-15,30,32H,16-17H2,1H3. The molecule has 0 saturated heterocycles. The molecule has 5 aromatic rings. The largest absolute Gasteiger partial charge is 0.366 e. The van der Waals surface area contributed by atoms with E-state index in [-0.39, 0.29) is 11.4 Å². The van der Waals surface area contributed by atoms with Crippen LogP contribution in [0.25, 0.3) is 16.9 Å². The van der Waals surface area contributed by atoms with Crippen molar-refractivity contribution in [1.29, 1.82) is 0 Å². The van der Waals surface area contributed by atoms with Crippen LogP contribution in [0.3, 0.4) is 0 Å². The van der Waals surface area contributed by atoms with E-state index in [2.05, 4.69) is 15.1 Å². The smallest absolute Gasteiger partial charge is 0.240 e. The predicted molar refractivity (Wildman–Crippen MR) is 147 cm³/mol. The van der Waals surface area contributed by atoms with E-state index in [1.165, 1.54) is 12.1 Å². The maximum atomic E-state index is 12.5. The highest BCUT2D eigenvalue weighted by Gasteiger charge is 2.15. The molecule has 0 aliphatic rings. The number of benzene rings is 3. The number of aryl methyl sites for hydroxylation is 1. The van der Waals surface area contributed by atoms with Crippen molar-refractivity contribution in [1.82, 2.24) is 19.3 Å². The summed E-state index contributed by atoms with van der Waals surface area (Å²) >= 11 is 12.4. The first kappa shape index (κ1) is 25.2. The van der Waals surface area contributed by atoms with Crippen LogP contribution < -0.4 is 10.0 Å². The summed E-state index contributed by atoms with van der Waals surface area (Å²) in [6, 6.07) is 23.4. The van der Waals surface area contributed by atoms with E-state index in [1.54, 1.807) is 22.8 Å². The Kier molecular flexibility index (Phi) is 7.17. The van der Waals surface area contributed by atoms with Crippen molar-refractivity contribution >= 4 is 44.7 Å². The number of halogens is 2. The topological polar surface area (TPSA) is 88.4 Å². The molecule has 10 heteroatoms. The Hall–Kier alpha value is -3.43. The fraction of sp³-hybridized carbons (Fsp3) is 0.111. The Morgan fingerprint density at radius 1 is 0.892 bits per heavy atom. The highest BCUT2D eigenvalue weighted by Crippen LogP contribution is 2.29. The van der Waals surface area contributed by atoms with E-state index in [1.807, 2.05) is 61.5 Å². The number of fused-ring (bicyclic) bond motifs is 1. The molecule has 3 aromatic carbocycles. The number of hydrogen-bond acceptors (Lipinski definition) is 5. The molecule has 2 aromatic heterocycles. The lowest BCUT2D eigenvalue weighted by Crippen LogP contribution is -2.23. The first-order chi connectivity index (χ1) is 17.8. The third-order valence-electron chi connectivity index (χ3n) is 5.87. The minimum atomic E-state index is -3.66. The van der Waals surface area contributed by atoms with Crippen LogP contribution >= 0.6 is 23.2 Å². The molecular weight excluding hydrogens is 529 g/mol. The second-order valence-corrected chi connectivity index (χ2v) is 11.1. The SMILES string of the molecule is Cc1cnn2c(NCc3ccc(CNS(=O)(=O)c4cccc(Cl)c4)cc3)cc(-c3ccccc3Cl)nc12. The Bertz CT molecular complexity index is 1690. The normalized spacial score (nSPS) is 11.6. The van der Waals surface area contributed by atoms with Gasteiger partial charge in [-0.1, -0.05) is 71.7 Å². The number of hydrogen-bond donors (Lipinski definition) is 2. The number of nitrogens with zero attached hydrogens (tertiary/aromatic N) is 3. The van der Waals surface area contributed by atoms with Gasteiger partial charge >= 0.3 is 0 Å². The molecule has 0 aliphatic carbocycles. The number of sulfonamides is 1. The molecule has 2 N–H and O–H groups in total. The molecule has 2 heterocycles. The van der Waals surface area contributed by atoms with Crippen LogP contribution in [0.5, 0.6) is 0 Å². The monoisotopic (exact) mass is 551 g/mol. The van der Waals surface area contributed by atoms with Gasteiger partial charge in [0, 0.05) is 40.3 Å². The molecule has 0 amide bonds. The van der Waals surface area contributed by atoms with Crippen LogP contribution in [0.1, 0.15) is 16.7 Å². The number of anilines is 1. The zero-order valence-electron chi connectivity index (χ0n) is 19.8. The van der Waals surface area contributed by atoms with Crippen molar-refractivity contribution in [3.63, 3.8) is 0 Å². The molecule has 0 fully saturated rings. The summed E-state index contributed by atoms with van der Waals surface area (Å²) in [7, 11) is -3.66. The van der Waals surface area contributed by atoms with E-state index in [4.69, 9.17) is 28.2 Å². The lowest BCUT2D eigenvalue weighted by molar-refractivity contribution is 0.581. The van der Waals surface area contributed by atoms with Crippen LogP contribution in [0.4, 0.5) is 5.82 Å². The average molecular weight is 552 g/mol. The molecule has 0 bridgehead atoms. The Labute approximate surface area is 225 Å². The van der Waals surface area contributed by atoms with Crippen LogP contribution in [-0.2, 0) is 23.1 Å². The summed E-state index contributed by atoms with van der Waals surface area (Å²) in [5, 5.41) is 8.91. The summed E-state index contributed by atoms with van der Waals surface area (Å²) in [5.74, 6) is 0.784. The van der Waals surface area contributed by atoms with E-state index < -0.39 is 10.0 Å². The number of nitrogens with one attached hydrogen (secondary N) is 2. The lowest BCUT2D eigenvalue weighted by Gasteiger charge is -2.12. The molecule has 37 heavy (non-hydrogen) atoms. The maximum Gasteiger partial charge on any atom is 0.240 e. The van der Waals surface area contributed by atoms with Crippen molar-refractivity contribution in [2.45, 2.75) is 24.9 Å². The van der Waals surface area contributed by atoms with E-state index in [9.17, 15) is 8.42 Å². The number of aromatic nitrogens is 3. The molecule has 0 atom stereocenters. The summed E-state index contributed by atoms with van der Waals surface area (Å²) in [5.41, 5.74) is 5.18. The van der Waals surface area contributed by atoms with Gasteiger partial charge in [0.15, 0.2) is 5.65 Å². The average Bonchev–Trinajstić information content (AvgIpc) is 3.27. The predicted octanol–water partition coefficient (Wildman–Crippen LogP) is 6.10. The van der Waals surface area contributed by atoms with Gasteiger partial charge in [0.25, 0.3) is 0 Å².